The van der Waals surface area contributed by atoms with Crippen LogP contribution < -0.4 is 13.8 Å². The molecule has 1 saturated heterocycles. The summed E-state index contributed by atoms with van der Waals surface area (Å²) in [5.41, 5.74) is 2.78. The predicted octanol–water partition coefficient (Wildman–Crippen LogP) is 3.12. The number of anilines is 1. The first kappa shape index (κ1) is 24.1. The summed E-state index contributed by atoms with van der Waals surface area (Å²) in [4.78, 5) is 17.3. The smallest absolute Gasteiger partial charge is 0.243 e. The van der Waals surface area contributed by atoms with E-state index in [2.05, 4.69) is 29.2 Å². The number of carbonyl (C=O) groups excluding carboxylic acids is 1. The van der Waals surface area contributed by atoms with E-state index in [0.717, 1.165) is 10.6 Å². The molecule has 0 spiro atoms. The van der Waals surface area contributed by atoms with Crippen molar-refractivity contribution in [3.8, 4) is 11.5 Å². The predicted molar refractivity (Wildman–Crippen MR) is 138 cm³/mol. The lowest BCUT2D eigenvalue weighted by atomic mass is 9.96. The van der Waals surface area contributed by atoms with Gasteiger partial charge >= 0.3 is 0 Å². The number of benzene rings is 3. The van der Waals surface area contributed by atoms with Crippen molar-refractivity contribution in [3.05, 3.63) is 90.0 Å². The van der Waals surface area contributed by atoms with Gasteiger partial charge in [0.1, 0.15) is 6.54 Å². The quantitative estimate of drug-likeness (QED) is 0.489. The van der Waals surface area contributed by atoms with Gasteiger partial charge in [-0.25, -0.2) is 8.42 Å². The van der Waals surface area contributed by atoms with Gasteiger partial charge in [-0.3, -0.25) is 14.0 Å². The minimum atomic E-state index is -3.69. The number of carbonyl (C=O) groups is 1. The highest BCUT2D eigenvalue weighted by Gasteiger charge is 2.30. The van der Waals surface area contributed by atoms with Gasteiger partial charge in [-0.05, 0) is 23.3 Å². The minimum Gasteiger partial charge on any atom is -0.454 e. The van der Waals surface area contributed by atoms with Crippen molar-refractivity contribution in [1.29, 1.82) is 0 Å². The van der Waals surface area contributed by atoms with Crippen LogP contribution in [0.3, 0.4) is 0 Å². The van der Waals surface area contributed by atoms with E-state index in [0.29, 0.717) is 43.4 Å². The Bertz CT molecular complexity index is 1270. The number of fused-ring (bicyclic) bond motifs is 1. The van der Waals surface area contributed by atoms with Crippen molar-refractivity contribution in [2.45, 2.75) is 6.04 Å². The van der Waals surface area contributed by atoms with E-state index in [-0.39, 0.29) is 25.3 Å². The molecule has 3 aromatic carbocycles. The summed E-state index contributed by atoms with van der Waals surface area (Å²) in [5, 5.41) is 0. The third-order valence-electron chi connectivity index (χ3n) is 6.59. The van der Waals surface area contributed by atoms with E-state index in [9.17, 15) is 13.2 Å². The molecule has 0 aliphatic carbocycles. The first-order valence-electron chi connectivity index (χ1n) is 11.9. The van der Waals surface area contributed by atoms with E-state index in [1.165, 1.54) is 11.1 Å². The highest BCUT2D eigenvalue weighted by Crippen LogP contribution is 2.36. The molecule has 0 bridgehead atoms. The zero-order valence-electron chi connectivity index (χ0n) is 20.1. The van der Waals surface area contributed by atoms with E-state index in [4.69, 9.17) is 9.47 Å². The first-order chi connectivity index (χ1) is 17.4. The van der Waals surface area contributed by atoms with Crippen molar-refractivity contribution in [3.63, 3.8) is 0 Å². The maximum Gasteiger partial charge on any atom is 0.243 e. The fraction of sp³-hybridized carbons (Fsp3) is 0.296. The summed E-state index contributed by atoms with van der Waals surface area (Å²) >= 11 is 0. The van der Waals surface area contributed by atoms with Gasteiger partial charge in [-0.2, -0.15) is 0 Å². The molecular weight excluding hydrogens is 478 g/mol. The molecule has 0 atom stereocenters. The Morgan fingerprint density at radius 2 is 1.44 bits per heavy atom. The lowest BCUT2D eigenvalue weighted by molar-refractivity contribution is -0.131. The fourth-order valence-electron chi connectivity index (χ4n) is 4.78. The van der Waals surface area contributed by atoms with Gasteiger partial charge in [0.25, 0.3) is 0 Å². The molecular formula is C27H29N3O5S. The summed E-state index contributed by atoms with van der Waals surface area (Å²) in [5.74, 6) is 0.796. The van der Waals surface area contributed by atoms with Crippen LogP contribution in [-0.2, 0) is 14.8 Å². The molecule has 1 amide bonds. The number of piperazine rings is 1. The number of hydrogen-bond donors (Lipinski definition) is 0. The Hall–Kier alpha value is -3.56. The third kappa shape index (κ3) is 5.17. The number of nitrogens with zero attached hydrogens (tertiary/aromatic N) is 3. The monoisotopic (exact) mass is 507 g/mol. The van der Waals surface area contributed by atoms with E-state index < -0.39 is 10.0 Å². The fourth-order valence-corrected chi connectivity index (χ4v) is 5.62. The molecule has 0 aromatic heterocycles. The van der Waals surface area contributed by atoms with Crippen molar-refractivity contribution in [2.75, 3.05) is 50.1 Å². The summed E-state index contributed by atoms with van der Waals surface area (Å²) in [6.45, 7) is 2.24. The Morgan fingerprint density at radius 3 is 2.03 bits per heavy atom. The molecule has 2 aliphatic heterocycles. The second kappa shape index (κ2) is 10.2. The van der Waals surface area contributed by atoms with E-state index in [1.54, 1.807) is 23.1 Å². The lowest BCUT2D eigenvalue weighted by Crippen LogP contribution is -2.52. The van der Waals surface area contributed by atoms with E-state index >= 15 is 0 Å². The average molecular weight is 508 g/mol. The van der Waals surface area contributed by atoms with Gasteiger partial charge in [0.15, 0.2) is 11.5 Å². The molecule has 36 heavy (non-hydrogen) atoms. The van der Waals surface area contributed by atoms with Crippen molar-refractivity contribution < 1.29 is 22.7 Å². The van der Waals surface area contributed by atoms with Gasteiger partial charge in [-0.15, -0.1) is 0 Å². The van der Waals surface area contributed by atoms with Crippen LogP contribution in [0.5, 0.6) is 11.5 Å². The first-order valence-corrected chi connectivity index (χ1v) is 13.7. The Morgan fingerprint density at radius 1 is 0.861 bits per heavy atom. The number of rotatable bonds is 7. The molecule has 8 nitrogen and oxygen atoms in total. The molecule has 9 heteroatoms. The minimum absolute atomic E-state index is 0.0887. The Balaban J connectivity index is 1.29. The molecule has 0 N–H and O–H groups in total. The Labute approximate surface area is 211 Å². The van der Waals surface area contributed by atoms with Gasteiger partial charge in [0.05, 0.1) is 18.0 Å². The molecule has 1 fully saturated rings. The SMILES string of the molecule is CS(=O)(=O)N(CC(=O)N1CCN(C(c2ccccc2)c2ccccc2)CC1)c1ccc2c(c1)OCO2. The van der Waals surface area contributed by atoms with Crippen LogP contribution >= 0.6 is 0 Å². The maximum atomic E-state index is 13.2. The van der Waals surface area contributed by atoms with Gasteiger partial charge < -0.3 is 14.4 Å². The highest BCUT2D eigenvalue weighted by atomic mass is 32.2. The summed E-state index contributed by atoms with van der Waals surface area (Å²) in [6.07, 6.45) is 1.10. The van der Waals surface area contributed by atoms with Gasteiger partial charge in [-0.1, -0.05) is 60.7 Å². The number of hydrogen-bond acceptors (Lipinski definition) is 6. The van der Waals surface area contributed by atoms with Crippen LogP contribution in [0.2, 0.25) is 0 Å². The maximum absolute atomic E-state index is 13.2. The number of amides is 1. The van der Waals surface area contributed by atoms with Crippen molar-refractivity contribution >= 4 is 21.6 Å². The van der Waals surface area contributed by atoms with Crippen molar-refractivity contribution in [2.24, 2.45) is 0 Å². The zero-order chi connectivity index (χ0) is 25.1. The standard InChI is InChI=1S/C27H29N3O5S/c1-36(32,33)30(23-12-13-24-25(18-23)35-20-34-24)19-26(31)28-14-16-29(17-15-28)27(21-8-4-2-5-9-21)22-10-6-3-7-11-22/h2-13,18,27H,14-17,19-20H2,1H3. The van der Waals surface area contributed by atoms with Crippen molar-refractivity contribution in [1.82, 2.24) is 9.80 Å². The molecule has 3 aromatic rings. The topological polar surface area (TPSA) is 79.4 Å². The summed E-state index contributed by atoms with van der Waals surface area (Å²) < 4.78 is 37.0. The second-order valence-electron chi connectivity index (χ2n) is 8.95. The largest absolute Gasteiger partial charge is 0.454 e. The van der Waals surface area contributed by atoms with Crippen LogP contribution in [0.4, 0.5) is 5.69 Å². The van der Waals surface area contributed by atoms with Crippen LogP contribution in [-0.4, -0.2) is 69.9 Å². The van der Waals surface area contributed by atoms with Gasteiger partial charge in [0, 0.05) is 32.2 Å². The Kier molecular flexibility index (Phi) is 6.84. The van der Waals surface area contributed by atoms with Crippen LogP contribution in [0.25, 0.3) is 0 Å². The number of ether oxygens (including phenoxy) is 2. The van der Waals surface area contributed by atoms with Crippen LogP contribution in [0, 0.1) is 0 Å². The molecule has 0 radical (unpaired) electrons. The number of sulfonamides is 1. The molecule has 2 aliphatic rings. The van der Waals surface area contributed by atoms with Crippen LogP contribution in [0.15, 0.2) is 78.9 Å². The highest BCUT2D eigenvalue weighted by molar-refractivity contribution is 7.92. The average Bonchev–Trinajstić information content (AvgIpc) is 3.36. The summed E-state index contributed by atoms with van der Waals surface area (Å²) in [6, 6.07) is 25.7. The third-order valence-corrected chi connectivity index (χ3v) is 7.73. The molecule has 2 heterocycles. The second-order valence-corrected chi connectivity index (χ2v) is 10.9. The molecule has 5 rings (SSSR count). The van der Waals surface area contributed by atoms with Crippen LogP contribution in [0.1, 0.15) is 17.2 Å². The lowest BCUT2D eigenvalue weighted by Gasteiger charge is -2.40. The van der Waals surface area contributed by atoms with Gasteiger partial charge in [0.2, 0.25) is 22.7 Å². The summed E-state index contributed by atoms with van der Waals surface area (Å²) in [7, 11) is -3.69. The normalized spacial score (nSPS) is 15.8. The zero-order valence-corrected chi connectivity index (χ0v) is 20.9. The van der Waals surface area contributed by atoms with E-state index in [1.807, 2.05) is 36.4 Å². The molecule has 0 unspecified atom stereocenters. The molecule has 188 valence electrons. The molecule has 0 saturated carbocycles.